The molecule has 1 heterocycles. The first-order chi connectivity index (χ1) is 9.02. The van der Waals surface area contributed by atoms with Crippen LogP contribution in [0.15, 0.2) is 0 Å². The van der Waals surface area contributed by atoms with Crippen LogP contribution in [0.25, 0.3) is 0 Å². The molecule has 0 spiro atoms. The Morgan fingerprint density at radius 1 is 1.32 bits per heavy atom. The molecule has 2 rings (SSSR count). The molecular weight excluding hydrogens is 349 g/mol. The minimum atomic E-state index is 0.404. The fraction of sp³-hybridized carbons (Fsp3) is 0.733. The average Bonchev–Trinajstić information content (AvgIpc) is 2.41. The fourth-order valence-corrected chi connectivity index (χ4v) is 3.83. The summed E-state index contributed by atoms with van der Waals surface area (Å²) in [5.41, 5.74) is 7.19. The molecule has 2 N–H and O–H groups in total. The van der Waals surface area contributed by atoms with E-state index in [1.54, 1.807) is 0 Å². The van der Waals surface area contributed by atoms with E-state index in [4.69, 9.17) is 10.7 Å². The first kappa shape index (κ1) is 15.0. The van der Waals surface area contributed by atoms with Crippen molar-refractivity contribution in [2.75, 3.05) is 5.73 Å². The van der Waals surface area contributed by atoms with E-state index >= 15 is 0 Å². The van der Waals surface area contributed by atoms with Gasteiger partial charge in [-0.1, -0.05) is 40.0 Å². The molecule has 1 saturated carbocycles. The first-order valence-electron chi connectivity index (χ1n) is 7.35. The Bertz CT molecular complexity index is 445. The number of nitrogen functional groups attached to an aromatic ring is 1. The molecular formula is C15H24IN3. The predicted octanol–water partition coefficient (Wildman–Crippen LogP) is 4.47. The zero-order valence-corrected chi connectivity index (χ0v) is 14.3. The van der Waals surface area contributed by atoms with E-state index in [9.17, 15) is 0 Å². The topological polar surface area (TPSA) is 51.8 Å². The van der Waals surface area contributed by atoms with E-state index in [-0.39, 0.29) is 0 Å². The van der Waals surface area contributed by atoms with E-state index in [2.05, 4.69) is 48.3 Å². The predicted molar refractivity (Wildman–Crippen MR) is 88.2 cm³/mol. The van der Waals surface area contributed by atoms with Crippen molar-refractivity contribution >= 4 is 28.4 Å². The van der Waals surface area contributed by atoms with E-state index in [0.717, 1.165) is 21.0 Å². The molecule has 1 aromatic rings. The summed E-state index contributed by atoms with van der Waals surface area (Å²) in [6.07, 6.45) is 6.38. The Hall–Kier alpha value is -0.390. The van der Waals surface area contributed by atoms with E-state index in [1.807, 2.05) is 0 Å². The Balaban J connectivity index is 2.29. The van der Waals surface area contributed by atoms with Gasteiger partial charge in [-0.05, 0) is 47.3 Å². The Morgan fingerprint density at radius 2 is 2.05 bits per heavy atom. The van der Waals surface area contributed by atoms with Crippen molar-refractivity contribution in [3.63, 3.8) is 0 Å². The van der Waals surface area contributed by atoms with Gasteiger partial charge in [-0.15, -0.1) is 0 Å². The average molecular weight is 373 g/mol. The molecule has 0 aromatic carbocycles. The number of aromatic nitrogens is 2. The lowest BCUT2D eigenvalue weighted by atomic mass is 9.80. The second-order valence-electron chi connectivity index (χ2n) is 5.96. The van der Waals surface area contributed by atoms with Crippen molar-refractivity contribution in [1.29, 1.82) is 0 Å². The second-order valence-corrected chi connectivity index (χ2v) is 7.04. The summed E-state index contributed by atoms with van der Waals surface area (Å²) in [7, 11) is 0. The van der Waals surface area contributed by atoms with Crippen LogP contribution in [0.5, 0.6) is 0 Å². The summed E-state index contributed by atoms with van der Waals surface area (Å²) in [6, 6.07) is 0. The number of rotatable bonds is 3. The Morgan fingerprint density at radius 3 is 2.68 bits per heavy atom. The third-order valence-corrected chi connectivity index (χ3v) is 5.30. The van der Waals surface area contributed by atoms with E-state index in [1.165, 1.54) is 32.1 Å². The molecule has 0 bridgehead atoms. The summed E-state index contributed by atoms with van der Waals surface area (Å²) in [5, 5.41) is 0. The van der Waals surface area contributed by atoms with Crippen LogP contribution in [0.2, 0.25) is 0 Å². The Kier molecular flexibility index (Phi) is 5.03. The van der Waals surface area contributed by atoms with Gasteiger partial charge in [-0.25, -0.2) is 9.97 Å². The van der Waals surface area contributed by atoms with Gasteiger partial charge in [0.15, 0.2) is 0 Å². The van der Waals surface area contributed by atoms with Gasteiger partial charge in [0, 0.05) is 5.92 Å². The van der Waals surface area contributed by atoms with Crippen LogP contribution < -0.4 is 5.73 Å². The lowest BCUT2D eigenvalue weighted by Gasteiger charge is -2.28. The number of nitrogens with two attached hydrogens (primary N) is 1. The molecule has 4 heteroatoms. The lowest BCUT2D eigenvalue weighted by Crippen LogP contribution is -2.18. The maximum Gasteiger partial charge on any atom is 0.140 e. The van der Waals surface area contributed by atoms with Crippen LogP contribution >= 0.6 is 22.6 Å². The van der Waals surface area contributed by atoms with E-state index < -0.39 is 0 Å². The zero-order chi connectivity index (χ0) is 14.0. The molecule has 2 atom stereocenters. The van der Waals surface area contributed by atoms with Crippen molar-refractivity contribution in [3.8, 4) is 0 Å². The molecule has 0 amide bonds. The second kappa shape index (κ2) is 6.37. The molecule has 1 aliphatic rings. The van der Waals surface area contributed by atoms with Crippen molar-refractivity contribution in [2.24, 2.45) is 5.92 Å². The standard InChI is InChI=1S/C15H24IN3/c1-4-10-6-5-7-11(8-10)15-18-13(9(2)3)12(16)14(17)19-15/h9-11H,4-8H2,1-3H3,(H2,17,18,19). The number of hydrogen-bond donors (Lipinski definition) is 1. The third kappa shape index (κ3) is 3.38. The summed E-state index contributed by atoms with van der Waals surface area (Å²) in [4.78, 5) is 9.39. The molecule has 0 saturated heterocycles. The molecule has 1 aliphatic carbocycles. The fourth-order valence-electron chi connectivity index (χ4n) is 2.96. The highest BCUT2D eigenvalue weighted by molar-refractivity contribution is 14.1. The van der Waals surface area contributed by atoms with Gasteiger partial charge in [0.2, 0.25) is 0 Å². The van der Waals surface area contributed by atoms with Gasteiger partial charge >= 0.3 is 0 Å². The van der Waals surface area contributed by atoms with Crippen molar-refractivity contribution in [2.45, 2.75) is 64.7 Å². The lowest BCUT2D eigenvalue weighted by molar-refractivity contribution is 0.307. The van der Waals surface area contributed by atoms with Gasteiger partial charge in [-0.3, -0.25) is 0 Å². The molecule has 3 nitrogen and oxygen atoms in total. The van der Waals surface area contributed by atoms with Gasteiger partial charge in [-0.2, -0.15) is 0 Å². The van der Waals surface area contributed by atoms with Gasteiger partial charge in [0.1, 0.15) is 11.6 Å². The van der Waals surface area contributed by atoms with Gasteiger partial charge in [0.25, 0.3) is 0 Å². The van der Waals surface area contributed by atoms with Crippen LogP contribution in [0.1, 0.15) is 76.2 Å². The van der Waals surface area contributed by atoms with Crippen LogP contribution in [0, 0.1) is 9.49 Å². The van der Waals surface area contributed by atoms with Gasteiger partial charge in [0.05, 0.1) is 9.26 Å². The highest BCUT2D eigenvalue weighted by Gasteiger charge is 2.25. The number of halogens is 1. The molecule has 0 aliphatic heterocycles. The van der Waals surface area contributed by atoms with Crippen molar-refractivity contribution < 1.29 is 0 Å². The van der Waals surface area contributed by atoms with Crippen molar-refractivity contribution in [1.82, 2.24) is 9.97 Å². The number of anilines is 1. The van der Waals surface area contributed by atoms with Crippen LogP contribution in [0.4, 0.5) is 5.82 Å². The summed E-state index contributed by atoms with van der Waals surface area (Å²) >= 11 is 2.27. The summed E-state index contributed by atoms with van der Waals surface area (Å²) in [5.74, 6) is 3.40. The maximum absolute atomic E-state index is 6.07. The molecule has 2 unspecified atom stereocenters. The van der Waals surface area contributed by atoms with Crippen LogP contribution in [-0.2, 0) is 0 Å². The third-order valence-electron chi connectivity index (χ3n) is 4.19. The minimum absolute atomic E-state index is 0.404. The molecule has 1 fully saturated rings. The normalized spacial score (nSPS) is 23.8. The monoisotopic (exact) mass is 373 g/mol. The molecule has 1 aromatic heterocycles. The summed E-state index contributed by atoms with van der Waals surface area (Å²) < 4.78 is 1.03. The molecule has 0 radical (unpaired) electrons. The Labute approximate surface area is 129 Å². The number of nitrogens with zero attached hydrogens (tertiary/aromatic N) is 2. The smallest absolute Gasteiger partial charge is 0.140 e. The van der Waals surface area contributed by atoms with Gasteiger partial charge < -0.3 is 5.73 Å². The quantitative estimate of drug-likeness (QED) is 0.796. The van der Waals surface area contributed by atoms with Crippen LogP contribution in [0.3, 0.4) is 0 Å². The largest absolute Gasteiger partial charge is 0.383 e. The van der Waals surface area contributed by atoms with Crippen molar-refractivity contribution in [3.05, 3.63) is 15.1 Å². The van der Waals surface area contributed by atoms with E-state index in [0.29, 0.717) is 17.7 Å². The minimum Gasteiger partial charge on any atom is -0.383 e. The first-order valence-corrected chi connectivity index (χ1v) is 8.43. The molecule has 106 valence electrons. The highest BCUT2D eigenvalue weighted by atomic mass is 127. The molecule has 19 heavy (non-hydrogen) atoms. The zero-order valence-electron chi connectivity index (χ0n) is 12.1. The number of hydrogen-bond acceptors (Lipinski definition) is 3. The SMILES string of the molecule is CCC1CCCC(c2nc(N)c(I)c(C(C)C)n2)C1. The van der Waals surface area contributed by atoms with Crippen LogP contribution in [-0.4, -0.2) is 9.97 Å². The highest BCUT2D eigenvalue weighted by Crippen LogP contribution is 2.37. The summed E-state index contributed by atoms with van der Waals surface area (Å²) in [6.45, 7) is 6.63. The maximum atomic E-state index is 6.07.